The van der Waals surface area contributed by atoms with Crippen molar-refractivity contribution in [2.45, 2.75) is 13.8 Å². The van der Waals surface area contributed by atoms with Crippen molar-refractivity contribution in [3.8, 4) is 5.69 Å². The van der Waals surface area contributed by atoms with E-state index in [0.29, 0.717) is 11.4 Å². The maximum atomic E-state index is 12.9. The van der Waals surface area contributed by atoms with Crippen LogP contribution >= 0.6 is 0 Å². The molecule has 0 radical (unpaired) electrons. The maximum Gasteiger partial charge on any atom is 0.339 e. The van der Waals surface area contributed by atoms with Crippen LogP contribution in [0.15, 0.2) is 36.0 Å². The van der Waals surface area contributed by atoms with Crippen LogP contribution in [0.4, 0.5) is 4.39 Å². The van der Waals surface area contributed by atoms with Crippen molar-refractivity contribution in [1.82, 2.24) is 9.78 Å². The molecule has 0 aliphatic rings. The van der Waals surface area contributed by atoms with Crippen LogP contribution in [0.1, 0.15) is 29.9 Å². The molecular weight excluding hydrogens is 247 g/mol. The molecule has 0 saturated carbocycles. The number of hydrogen-bond acceptors (Lipinski definition) is 2. The standard InChI is InChI=1S/C14H13FN2O2/c1-9(2)7-13-12(14(18)19)8-16-17(13)11-5-3-10(15)4-6-11/h3-8H,1-2H3,(H,18,19). The average molecular weight is 260 g/mol. The molecule has 5 heteroatoms. The van der Waals surface area contributed by atoms with Gasteiger partial charge in [0.25, 0.3) is 0 Å². The Labute approximate surface area is 109 Å². The van der Waals surface area contributed by atoms with Gasteiger partial charge in [0.05, 0.1) is 17.6 Å². The summed E-state index contributed by atoms with van der Waals surface area (Å²) >= 11 is 0. The number of carbonyl (C=O) groups is 1. The Morgan fingerprint density at radius 2 is 1.95 bits per heavy atom. The number of rotatable bonds is 3. The van der Waals surface area contributed by atoms with E-state index < -0.39 is 5.97 Å². The summed E-state index contributed by atoms with van der Waals surface area (Å²) in [5.74, 6) is -1.39. The van der Waals surface area contributed by atoms with Crippen LogP contribution in [0.5, 0.6) is 0 Å². The zero-order chi connectivity index (χ0) is 14.0. The van der Waals surface area contributed by atoms with Crippen LogP contribution in [0, 0.1) is 5.82 Å². The average Bonchev–Trinajstić information content (AvgIpc) is 2.73. The molecule has 0 spiro atoms. The largest absolute Gasteiger partial charge is 0.478 e. The molecule has 0 bridgehead atoms. The SMILES string of the molecule is CC(C)=Cc1c(C(=O)O)cnn1-c1ccc(F)cc1. The lowest BCUT2D eigenvalue weighted by Crippen LogP contribution is -2.03. The van der Waals surface area contributed by atoms with Gasteiger partial charge >= 0.3 is 5.97 Å². The first kappa shape index (κ1) is 13.0. The highest BCUT2D eigenvalue weighted by Crippen LogP contribution is 2.18. The van der Waals surface area contributed by atoms with E-state index in [1.807, 2.05) is 13.8 Å². The first-order valence-corrected chi connectivity index (χ1v) is 5.71. The lowest BCUT2D eigenvalue weighted by Gasteiger charge is -2.05. The Balaban J connectivity index is 2.60. The Hall–Kier alpha value is -2.43. The van der Waals surface area contributed by atoms with Crippen LogP contribution < -0.4 is 0 Å². The van der Waals surface area contributed by atoms with Gasteiger partial charge < -0.3 is 5.11 Å². The number of aromatic nitrogens is 2. The van der Waals surface area contributed by atoms with Gasteiger partial charge in [0.1, 0.15) is 11.4 Å². The molecule has 0 aliphatic carbocycles. The molecule has 19 heavy (non-hydrogen) atoms. The van der Waals surface area contributed by atoms with Gasteiger partial charge in [-0.15, -0.1) is 0 Å². The van der Waals surface area contributed by atoms with Gasteiger partial charge in [0, 0.05) is 0 Å². The normalized spacial score (nSPS) is 10.3. The van der Waals surface area contributed by atoms with E-state index in [1.165, 1.54) is 23.0 Å². The molecule has 0 unspecified atom stereocenters. The molecule has 2 rings (SSSR count). The third kappa shape index (κ3) is 2.70. The second-order valence-electron chi connectivity index (χ2n) is 4.36. The highest BCUT2D eigenvalue weighted by molar-refractivity contribution is 5.91. The van der Waals surface area contributed by atoms with Gasteiger partial charge in [-0.05, 0) is 44.2 Å². The number of nitrogens with zero attached hydrogens (tertiary/aromatic N) is 2. The molecule has 0 amide bonds. The zero-order valence-corrected chi connectivity index (χ0v) is 10.6. The summed E-state index contributed by atoms with van der Waals surface area (Å²) in [4.78, 5) is 11.2. The third-order valence-corrected chi connectivity index (χ3v) is 2.53. The van der Waals surface area contributed by atoms with Crippen molar-refractivity contribution in [3.05, 3.63) is 53.1 Å². The fourth-order valence-corrected chi connectivity index (χ4v) is 1.72. The number of benzene rings is 1. The van der Waals surface area contributed by atoms with Crippen LogP contribution in [0.3, 0.4) is 0 Å². The molecule has 0 aliphatic heterocycles. The molecule has 1 heterocycles. The Bertz CT molecular complexity index is 638. The monoisotopic (exact) mass is 260 g/mol. The molecule has 1 aromatic carbocycles. The van der Waals surface area contributed by atoms with E-state index in [-0.39, 0.29) is 11.4 Å². The summed E-state index contributed by atoms with van der Waals surface area (Å²) in [5, 5.41) is 13.2. The minimum absolute atomic E-state index is 0.116. The van der Waals surface area contributed by atoms with E-state index in [0.717, 1.165) is 5.57 Å². The van der Waals surface area contributed by atoms with Crippen molar-refractivity contribution in [2.24, 2.45) is 0 Å². The summed E-state index contributed by atoms with van der Waals surface area (Å²) in [5.41, 5.74) is 2.15. The molecule has 0 fully saturated rings. The van der Waals surface area contributed by atoms with E-state index in [1.54, 1.807) is 18.2 Å². The Kier molecular flexibility index (Phi) is 3.46. The van der Waals surface area contributed by atoms with Gasteiger partial charge in [-0.1, -0.05) is 5.57 Å². The van der Waals surface area contributed by atoms with Gasteiger partial charge in [-0.25, -0.2) is 13.9 Å². The quantitative estimate of drug-likeness (QED) is 0.922. The second-order valence-corrected chi connectivity index (χ2v) is 4.36. The summed E-state index contributed by atoms with van der Waals surface area (Å²) < 4.78 is 14.4. The van der Waals surface area contributed by atoms with E-state index in [9.17, 15) is 9.18 Å². The zero-order valence-electron chi connectivity index (χ0n) is 10.6. The molecule has 4 nitrogen and oxygen atoms in total. The lowest BCUT2D eigenvalue weighted by atomic mass is 10.2. The summed E-state index contributed by atoms with van der Waals surface area (Å²) in [6.07, 6.45) is 3.03. The maximum absolute atomic E-state index is 12.9. The molecule has 98 valence electrons. The summed E-state index contributed by atoms with van der Waals surface area (Å²) in [6, 6.07) is 5.72. The van der Waals surface area contributed by atoms with Crippen molar-refractivity contribution in [1.29, 1.82) is 0 Å². The number of halogens is 1. The van der Waals surface area contributed by atoms with E-state index >= 15 is 0 Å². The highest BCUT2D eigenvalue weighted by atomic mass is 19.1. The number of aromatic carboxylic acids is 1. The second kappa shape index (κ2) is 5.06. The Morgan fingerprint density at radius 1 is 1.32 bits per heavy atom. The molecule has 0 saturated heterocycles. The Morgan fingerprint density at radius 3 is 2.47 bits per heavy atom. The fraction of sp³-hybridized carbons (Fsp3) is 0.143. The number of carboxylic acids is 1. The molecular formula is C14H13FN2O2. The minimum atomic E-state index is -1.04. The van der Waals surface area contributed by atoms with E-state index in [4.69, 9.17) is 5.11 Å². The topological polar surface area (TPSA) is 55.1 Å². The third-order valence-electron chi connectivity index (χ3n) is 2.53. The van der Waals surface area contributed by atoms with Gasteiger partial charge in [0.2, 0.25) is 0 Å². The molecule has 1 aromatic heterocycles. The smallest absolute Gasteiger partial charge is 0.339 e. The van der Waals surface area contributed by atoms with Crippen LogP contribution in [0.2, 0.25) is 0 Å². The number of hydrogen-bond donors (Lipinski definition) is 1. The first-order valence-electron chi connectivity index (χ1n) is 5.71. The molecule has 0 atom stereocenters. The van der Waals surface area contributed by atoms with Gasteiger partial charge in [-0.3, -0.25) is 0 Å². The molecule has 2 aromatic rings. The predicted octanol–water partition coefficient (Wildman–Crippen LogP) is 3.13. The van der Waals surface area contributed by atoms with Crippen molar-refractivity contribution in [3.63, 3.8) is 0 Å². The van der Waals surface area contributed by atoms with E-state index in [2.05, 4.69) is 5.10 Å². The predicted molar refractivity (Wildman–Crippen MR) is 69.8 cm³/mol. The van der Waals surface area contributed by atoms with Crippen LogP contribution in [-0.4, -0.2) is 20.9 Å². The van der Waals surface area contributed by atoms with Gasteiger partial charge in [-0.2, -0.15) is 5.10 Å². The summed E-state index contributed by atoms with van der Waals surface area (Å²) in [7, 11) is 0. The van der Waals surface area contributed by atoms with Gasteiger partial charge in [0.15, 0.2) is 0 Å². The van der Waals surface area contributed by atoms with Crippen LogP contribution in [-0.2, 0) is 0 Å². The number of allylic oxidation sites excluding steroid dienone is 1. The van der Waals surface area contributed by atoms with Crippen molar-refractivity contribution in [2.75, 3.05) is 0 Å². The molecule has 1 N–H and O–H groups in total. The van der Waals surface area contributed by atoms with Crippen molar-refractivity contribution < 1.29 is 14.3 Å². The summed E-state index contributed by atoms with van der Waals surface area (Å²) in [6.45, 7) is 3.74. The first-order chi connectivity index (χ1) is 8.99. The van der Waals surface area contributed by atoms with Crippen molar-refractivity contribution >= 4 is 12.0 Å². The number of carboxylic acid groups (broad SMARTS) is 1. The lowest BCUT2D eigenvalue weighted by molar-refractivity contribution is 0.0696. The fourth-order valence-electron chi connectivity index (χ4n) is 1.72. The minimum Gasteiger partial charge on any atom is -0.478 e. The van der Waals surface area contributed by atoms with Crippen LogP contribution in [0.25, 0.3) is 11.8 Å². The highest BCUT2D eigenvalue weighted by Gasteiger charge is 2.15.